The Hall–Kier alpha value is -1.55. The molecule has 0 radical (unpaired) electrons. The standard InChI is InChI=1S/C19H34N4/c1-4-23(5-2)17-10-9-15-21-19(20-3)22-16-11-14-18-12-7-6-8-13-18/h6-8,12-13H,4-5,9-11,14-17H2,1-3H3,(H2,20,21,22). The zero-order valence-corrected chi connectivity index (χ0v) is 15.1. The highest BCUT2D eigenvalue weighted by Crippen LogP contribution is 2.01. The number of nitrogens with one attached hydrogen (secondary N) is 2. The van der Waals surface area contributed by atoms with Crippen molar-refractivity contribution in [3.05, 3.63) is 35.9 Å². The van der Waals surface area contributed by atoms with Crippen LogP contribution in [0.25, 0.3) is 0 Å². The summed E-state index contributed by atoms with van der Waals surface area (Å²) in [5.41, 5.74) is 1.40. The molecule has 0 aliphatic heterocycles. The van der Waals surface area contributed by atoms with Crippen molar-refractivity contribution in [2.45, 2.75) is 39.5 Å². The first-order valence-electron chi connectivity index (χ1n) is 9.01. The third-order valence-electron chi connectivity index (χ3n) is 4.09. The van der Waals surface area contributed by atoms with Gasteiger partial charge in [0.15, 0.2) is 5.96 Å². The molecule has 0 spiro atoms. The maximum Gasteiger partial charge on any atom is 0.190 e. The van der Waals surface area contributed by atoms with Crippen molar-refractivity contribution >= 4 is 5.96 Å². The Morgan fingerprint density at radius 3 is 2.22 bits per heavy atom. The van der Waals surface area contributed by atoms with Crippen LogP contribution in [0.1, 0.15) is 38.7 Å². The Bertz CT molecular complexity index is 413. The second kappa shape index (κ2) is 12.9. The van der Waals surface area contributed by atoms with E-state index in [2.05, 4.69) is 64.7 Å². The fourth-order valence-corrected chi connectivity index (χ4v) is 2.57. The lowest BCUT2D eigenvalue weighted by molar-refractivity contribution is 0.297. The normalized spacial score (nSPS) is 11.7. The van der Waals surface area contributed by atoms with Crippen LogP contribution in [0.2, 0.25) is 0 Å². The summed E-state index contributed by atoms with van der Waals surface area (Å²) >= 11 is 0. The summed E-state index contributed by atoms with van der Waals surface area (Å²) in [6, 6.07) is 10.6. The SMILES string of the molecule is CCN(CC)CCCCNC(=NC)NCCCc1ccccc1. The minimum atomic E-state index is 0.918. The molecule has 0 saturated carbocycles. The first-order chi connectivity index (χ1) is 11.3. The van der Waals surface area contributed by atoms with Crippen LogP contribution in [0.5, 0.6) is 0 Å². The average Bonchev–Trinajstić information content (AvgIpc) is 2.60. The van der Waals surface area contributed by atoms with Crippen molar-refractivity contribution < 1.29 is 0 Å². The van der Waals surface area contributed by atoms with Gasteiger partial charge in [0.1, 0.15) is 0 Å². The molecular formula is C19H34N4. The lowest BCUT2D eigenvalue weighted by Crippen LogP contribution is -2.38. The van der Waals surface area contributed by atoms with Crippen molar-refractivity contribution in [2.75, 3.05) is 39.8 Å². The van der Waals surface area contributed by atoms with Gasteiger partial charge in [-0.05, 0) is 50.9 Å². The van der Waals surface area contributed by atoms with E-state index in [0.717, 1.165) is 45.0 Å². The van der Waals surface area contributed by atoms with Crippen LogP contribution < -0.4 is 10.6 Å². The summed E-state index contributed by atoms with van der Waals surface area (Å²) in [5, 5.41) is 6.79. The molecule has 0 aromatic heterocycles. The van der Waals surface area contributed by atoms with Crippen molar-refractivity contribution in [2.24, 2.45) is 4.99 Å². The largest absolute Gasteiger partial charge is 0.356 e. The van der Waals surface area contributed by atoms with E-state index in [9.17, 15) is 0 Å². The zero-order valence-electron chi connectivity index (χ0n) is 15.1. The second-order valence-corrected chi connectivity index (χ2v) is 5.75. The minimum absolute atomic E-state index is 0.918. The number of aryl methyl sites for hydroxylation is 1. The van der Waals surface area contributed by atoms with Gasteiger partial charge in [0.05, 0.1) is 0 Å². The molecule has 1 aromatic carbocycles. The number of nitrogens with zero attached hydrogens (tertiary/aromatic N) is 2. The second-order valence-electron chi connectivity index (χ2n) is 5.75. The van der Waals surface area contributed by atoms with Crippen LogP contribution in [0.3, 0.4) is 0 Å². The van der Waals surface area contributed by atoms with E-state index in [1.165, 1.54) is 24.9 Å². The average molecular weight is 319 g/mol. The van der Waals surface area contributed by atoms with E-state index in [0.29, 0.717) is 0 Å². The molecule has 130 valence electrons. The lowest BCUT2D eigenvalue weighted by atomic mass is 10.1. The van der Waals surface area contributed by atoms with Crippen LogP contribution in [0, 0.1) is 0 Å². The number of hydrogen-bond acceptors (Lipinski definition) is 2. The van der Waals surface area contributed by atoms with Gasteiger partial charge in [-0.2, -0.15) is 0 Å². The summed E-state index contributed by atoms with van der Waals surface area (Å²) < 4.78 is 0. The molecule has 0 amide bonds. The molecule has 4 heteroatoms. The van der Waals surface area contributed by atoms with Crippen molar-refractivity contribution in [3.8, 4) is 0 Å². The van der Waals surface area contributed by atoms with Gasteiger partial charge in [0.2, 0.25) is 0 Å². The highest BCUT2D eigenvalue weighted by molar-refractivity contribution is 5.79. The Morgan fingerprint density at radius 1 is 0.957 bits per heavy atom. The van der Waals surface area contributed by atoms with Gasteiger partial charge in [-0.25, -0.2) is 0 Å². The lowest BCUT2D eigenvalue weighted by Gasteiger charge is -2.18. The van der Waals surface area contributed by atoms with Crippen molar-refractivity contribution in [1.82, 2.24) is 15.5 Å². The predicted molar refractivity (Wildman–Crippen MR) is 101 cm³/mol. The number of benzene rings is 1. The molecular weight excluding hydrogens is 284 g/mol. The molecule has 0 bridgehead atoms. The fraction of sp³-hybridized carbons (Fsp3) is 0.632. The summed E-state index contributed by atoms with van der Waals surface area (Å²) in [4.78, 5) is 6.75. The zero-order chi connectivity index (χ0) is 16.8. The Kier molecular flexibility index (Phi) is 11.0. The van der Waals surface area contributed by atoms with E-state index in [4.69, 9.17) is 0 Å². The van der Waals surface area contributed by atoms with Gasteiger partial charge >= 0.3 is 0 Å². The van der Waals surface area contributed by atoms with Crippen LogP contribution in [-0.4, -0.2) is 50.6 Å². The van der Waals surface area contributed by atoms with Gasteiger partial charge in [-0.3, -0.25) is 4.99 Å². The van der Waals surface area contributed by atoms with Crippen molar-refractivity contribution in [1.29, 1.82) is 0 Å². The van der Waals surface area contributed by atoms with Crippen LogP contribution >= 0.6 is 0 Å². The highest BCUT2D eigenvalue weighted by Gasteiger charge is 2.00. The number of rotatable bonds is 11. The van der Waals surface area contributed by atoms with Gasteiger partial charge in [0.25, 0.3) is 0 Å². The van der Waals surface area contributed by atoms with Gasteiger partial charge in [0, 0.05) is 20.1 Å². The predicted octanol–water partition coefficient (Wildman–Crippen LogP) is 2.91. The Balaban J connectivity index is 2.06. The van der Waals surface area contributed by atoms with E-state index in [1.54, 1.807) is 0 Å². The molecule has 0 atom stereocenters. The summed E-state index contributed by atoms with van der Waals surface area (Å²) in [7, 11) is 1.84. The van der Waals surface area contributed by atoms with Crippen molar-refractivity contribution in [3.63, 3.8) is 0 Å². The maximum absolute atomic E-state index is 4.28. The first-order valence-corrected chi connectivity index (χ1v) is 9.01. The maximum atomic E-state index is 4.28. The first kappa shape index (κ1) is 19.5. The van der Waals surface area contributed by atoms with Gasteiger partial charge in [-0.1, -0.05) is 44.2 Å². The number of guanidine groups is 1. The third-order valence-corrected chi connectivity index (χ3v) is 4.09. The third kappa shape index (κ3) is 9.24. The Morgan fingerprint density at radius 2 is 1.61 bits per heavy atom. The van der Waals surface area contributed by atoms with Crippen LogP contribution in [0.15, 0.2) is 35.3 Å². The molecule has 0 aliphatic carbocycles. The van der Waals surface area contributed by atoms with E-state index in [1.807, 2.05) is 7.05 Å². The molecule has 0 aliphatic rings. The number of hydrogen-bond donors (Lipinski definition) is 2. The van der Waals surface area contributed by atoms with E-state index >= 15 is 0 Å². The molecule has 0 heterocycles. The minimum Gasteiger partial charge on any atom is -0.356 e. The molecule has 0 saturated heterocycles. The molecule has 0 fully saturated rings. The number of aliphatic imine (C=N–C) groups is 1. The summed E-state index contributed by atoms with van der Waals surface area (Å²) in [6.45, 7) is 9.88. The molecule has 4 nitrogen and oxygen atoms in total. The molecule has 1 rings (SSSR count). The van der Waals surface area contributed by atoms with Gasteiger partial charge in [-0.15, -0.1) is 0 Å². The molecule has 2 N–H and O–H groups in total. The van der Waals surface area contributed by atoms with E-state index < -0.39 is 0 Å². The van der Waals surface area contributed by atoms with Crippen LogP contribution in [0.4, 0.5) is 0 Å². The monoisotopic (exact) mass is 318 g/mol. The molecule has 23 heavy (non-hydrogen) atoms. The smallest absolute Gasteiger partial charge is 0.190 e. The summed E-state index contributed by atoms with van der Waals surface area (Å²) in [6.07, 6.45) is 4.64. The summed E-state index contributed by atoms with van der Waals surface area (Å²) in [5.74, 6) is 0.918. The molecule has 1 aromatic rings. The highest BCUT2D eigenvalue weighted by atomic mass is 15.2. The van der Waals surface area contributed by atoms with E-state index in [-0.39, 0.29) is 0 Å². The quantitative estimate of drug-likeness (QED) is 0.374. The Labute approximate surface area is 142 Å². The topological polar surface area (TPSA) is 39.7 Å². The van der Waals surface area contributed by atoms with Gasteiger partial charge < -0.3 is 15.5 Å². The fourth-order valence-electron chi connectivity index (χ4n) is 2.57. The molecule has 0 unspecified atom stereocenters. The number of unbranched alkanes of at least 4 members (excludes halogenated alkanes) is 1. The van der Waals surface area contributed by atoms with Crippen LogP contribution in [-0.2, 0) is 6.42 Å².